The van der Waals surface area contributed by atoms with Crippen LogP contribution in [0.2, 0.25) is 0 Å². The van der Waals surface area contributed by atoms with Crippen molar-refractivity contribution in [3.8, 4) is 0 Å². The lowest BCUT2D eigenvalue weighted by atomic mass is 10.1. The normalized spacial score (nSPS) is 13.0. The van der Waals surface area contributed by atoms with E-state index in [1.54, 1.807) is 12.1 Å². The van der Waals surface area contributed by atoms with E-state index in [4.69, 9.17) is 5.73 Å². The fraction of sp³-hybridized carbons (Fsp3) is 0.176. The van der Waals surface area contributed by atoms with E-state index >= 15 is 0 Å². The molecule has 3 N–H and O–H groups in total. The SMILES string of the molecule is NC(=O)c1c(NC(=O)C=Cc2cccc([N+](=O)[O-])c2)sc2c1CCC2. The number of primary amides is 1. The predicted octanol–water partition coefficient (Wildman–Crippen LogP) is 2.90. The molecule has 0 atom stereocenters. The molecule has 0 fully saturated rings. The summed E-state index contributed by atoms with van der Waals surface area (Å²) in [5, 5.41) is 13.9. The van der Waals surface area contributed by atoms with Crippen molar-refractivity contribution < 1.29 is 14.5 Å². The molecule has 0 saturated heterocycles. The summed E-state index contributed by atoms with van der Waals surface area (Å²) < 4.78 is 0. The third-order valence-electron chi connectivity index (χ3n) is 3.91. The number of thiophene rings is 1. The van der Waals surface area contributed by atoms with Crippen molar-refractivity contribution >= 4 is 39.9 Å². The number of non-ortho nitro benzene ring substituents is 1. The Bertz CT molecular complexity index is 901. The summed E-state index contributed by atoms with van der Waals surface area (Å²) >= 11 is 1.38. The highest BCUT2D eigenvalue weighted by atomic mass is 32.1. The zero-order valence-corrected chi connectivity index (χ0v) is 14.0. The van der Waals surface area contributed by atoms with Gasteiger partial charge in [0.15, 0.2) is 0 Å². The van der Waals surface area contributed by atoms with Crippen molar-refractivity contribution in [1.29, 1.82) is 0 Å². The van der Waals surface area contributed by atoms with Gasteiger partial charge in [-0.2, -0.15) is 0 Å². The average Bonchev–Trinajstić information content (AvgIpc) is 3.13. The standard InChI is InChI=1S/C17H15N3O4S/c18-16(22)15-12-5-2-6-13(12)25-17(15)19-14(21)8-7-10-3-1-4-11(9-10)20(23)24/h1,3-4,7-9H,2,5-6H2,(H2,18,22)(H,19,21). The molecule has 128 valence electrons. The molecular formula is C17H15N3O4S. The summed E-state index contributed by atoms with van der Waals surface area (Å²) in [6, 6.07) is 5.96. The Hall–Kier alpha value is -3.00. The molecule has 1 aromatic heterocycles. The number of anilines is 1. The summed E-state index contributed by atoms with van der Waals surface area (Å²) in [6.07, 6.45) is 5.42. The van der Waals surface area contributed by atoms with Crippen LogP contribution in [-0.2, 0) is 17.6 Å². The largest absolute Gasteiger partial charge is 0.365 e. The molecule has 8 heteroatoms. The Kier molecular flexibility index (Phi) is 4.62. The number of nitro benzene ring substituents is 1. The second-order valence-electron chi connectivity index (χ2n) is 5.60. The Balaban J connectivity index is 1.76. The van der Waals surface area contributed by atoms with Crippen molar-refractivity contribution in [2.45, 2.75) is 19.3 Å². The molecule has 0 radical (unpaired) electrons. The van der Waals surface area contributed by atoms with Crippen LogP contribution in [0.3, 0.4) is 0 Å². The van der Waals surface area contributed by atoms with Gasteiger partial charge in [0.1, 0.15) is 5.00 Å². The second-order valence-corrected chi connectivity index (χ2v) is 6.71. The van der Waals surface area contributed by atoms with Gasteiger partial charge >= 0.3 is 0 Å². The van der Waals surface area contributed by atoms with Gasteiger partial charge in [-0.15, -0.1) is 11.3 Å². The molecule has 0 saturated carbocycles. The molecule has 1 aromatic carbocycles. The molecule has 0 bridgehead atoms. The van der Waals surface area contributed by atoms with Gasteiger partial charge in [-0.1, -0.05) is 12.1 Å². The number of nitrogens with zero attached hydrogens (tertiary/aromatic N) is 1. The highest BCUT2D eigenvalue weighted by Crippen LogP contribution is 2.38. The number of hydrogen-bond donors (Lipinski definition) is 2. The van der Waals surface area contributed by atoms with Crippen molar-refractivity contribution in [3.05, 3.63) is 62.0 Å². The summed E-state index contributed by atoms with van der Waals surface area (Å²) in [5.74, 6) is -0.966. The van der Waals surface area contributed by atoms with Crippen molar-refractivity contribution in [1.82, 2.24) is 0 Å². The Morgan fingerprint density at radius 3 is 2.84 bits per heavy atom. The van der Waals surface area contributed by atoms with Crippen LogP contribution in [0, 0.1) is 10.1 Å². The molecular weight excluding hydrogens is 342 g/mol. The van der Waals surface area contributed by atoms with Crippen LogP contribution < -0.4 is 11.1 Å². The minimum absolute atomic E-state index is 0.0479. The van der Waals surface area contributed by atoms with Gasteiger partial charge in [-0.25, -0.2) is 0 Å². The number of hydrogen-bond acceptors (Lipinski definition) is 5. The Morgan fingerprint density at radius 1 is 1.32 bits per heavy atom. The molecule has 3 rings (SSSR count). The first-order valence-electron chi connectivity index (χ1n) is 7.63. The van der Waals surface area contributed by atoms with E-state index in [1.165, 1.54) is 35.6 Å². The quantitative estimate of drug-likeness (QED) is 0.486. The Morgan fingerprint density at radius 2 is 2.12 bits per heavy atom. The molecule has 1 aliphatic rings. The molecule has 2 aromatic rings. The van der Waals surface area contributed by atoms with Gasteiger partial charge < -0.3 is 11.1 Å². The van der Waals surface area contributed by atoms with E-state index in [2.05, 4.69) is 5.32 Å². The predicted molar refractivity (Wildman–Crippen MR) is 95.6 cm³/mol. The average molecular weight is 357 g/mol. The van der Waals surface area contributed by atoms with Gasteiger partial charge in [0, 0.05) is 23.1 Å². The highest BCUT2D eigenvalue weighted by molar-refractivity contribution is 7.17. The topological polar surface area (TPSA) is 115 Å². The summed E-state index contributed by atoms with van der Waals surface area (Å²) in [5.41, 5.74) is 7.28. The number of fused-ring (bicyclic) bond motifs is 1. The number of amides is 2. The minimum Gasteiger partial charge on any atom is -0.365 e. The van der Waals surface area contributed by atoms with E-state index in [0.29, 0.717) is 16.1 Å². The zero-order valence-electron chi connectivity index (χ0n) is 13.2. The van der Waals surface area contributed by atoms with Crippen molar-refractivity contribution in [3.63, 3.8) is 0 Å². The number of benzene rings is 1. The summed E-state index contributed by atoms with van der Waals surface area (Å²) in [4.78, 5) is 35.2. The van der Waals surface area contributed by atoms with E-state index < -0.39 is 16.7 Å². The van der Waals surface area contributed by atoms with Gasteiger partial charge in [-0.3, -0.25) is 19.7 Å². The first-order chi connectivity index (χ1) is 12.0. The van der Waals surface area contributed by atoms with Crippen molar-refractivity contribution in [2.24, 2.45) is 5.73 Å². The number of aryl methyl sites for hydroxylation is 1. The van der Waals surface area contributed by atoms with Gasteiger partial charge in [0.05, 0.1) is 10.5 Å². The zero-order chi connectivity index (χ0) is 18.0. The van der Waals surface area contributed by atoms with Crippen LogP contribution in [0.25, 0.3) is 6.08 Å². The van der Waals surface area contributed by atoms with E-state index in [1.807, 2.05) is 0 Å². The number of rotatable bonds is 5. The van der Waals surface area contributed by atoms with E-state index in [0.717, 1.165) is 29.7 Å². The third kappa shape index (κ3) is 3.58. The van der Waals surface area contributed by atoms with Crippen LogP contribution in [0.1, 0.15) is 32.8 Å². The second kappa shape index (κ2) is 6.86. The fourth-order valence-corrected chi connectivity index (χ4v) is 4.12. The fourth-order valence-electron chi connectivity index (χ4n) is 2.82. The Labute approximate surface area is 147 Å². The van der Waals surface area contributed by atoms with Crippen LogP contribution >= 0.6 is 11.3 Å². The lowest BCUT2D eigenvalue weighted by Crippen LogP contribution is -2.16. The lowest BCUT2D eigenvalue weighted by molar-refractivity contribution is -0.384. The number of nitro groups is 1. The van der Waals surface area contributed by atoms with E-state index in [-0.39, 0.29) is 5.69 Å². The van der Waals surface area contributed by atoms with Crippen molar-refractivity contribution in [2.75, 3.05) is 5.32 Å². The lowest BCUT2D eigenvalue weighted by Gasteiger charge is -2.03. The number of nitrogens with one attached hydrogen (secondary N) is 1. The third-order valence-corrected chi connectivity index (χ3v) is 5.12. The number of carbonyl (C=O) groups is 2. The summed E-state index contributed by atoms with van der Waals surface area (Å²) in [7, 11) is 0. The van der Waals surface area contributed by atoms with Crippen LogP contribution in [0.5, 0.6) is 0 Å². The maximum atomic E-state index is 12.1. The van der Waals surface area contributed by atoms with E-state index in [9.17, 15) is 19.7 Å². The summed E-state index contributed by atoms with van der Waals surface area (Å²) in [6.45, 7) is 0. The molecule has 1 heterocycles. The van der Waals surface area contributed by atoms with Crippen LogP contribution in [0.4, 0.5) is 10.7 Å². The first kappa shape index (κ1) is 16.8. The molecule has 0 spiro atoms. The van der Waals surface area contributed by atoms with Gasteiger partial charge in [0.2, 0.25) is 5.91 Å². The van der Waals surface area contributed by atoms with Gasteiger partial charge in [0.25, 0.3) is 11.6 Å². The molecule has 2 amide bonds. The molecule has 0 unspecified atom stereocenters. The number of nitrogens with two attached hydrogens (primary N) is 1. The maximum absolute atomic E-state index is 12.1. The number of carbonyl (C=O) groups excluding carboxylic acids is 2. The highest BCUT2D eigenvalue weighted by Gasteiger charge is 2.25. The molecule has 1 aliphatic carbocycles. The smallest absolute Gasteiger partial charge is 0.270 e. The van der Waals surface area contributed by atoms with Crippen LogP contribution in [0.15, 0.2) is 30.3 Å². The monoisotopic (exact) mass is 357 g/mol. The van der Waals surface area contributed by atoms with Crippen LogP contribution in [-0.4, -0.2) is 16.7 Å². The maximum Gasteiger partial charge on any atom is 0.270 e. The molecule has 25 heavy (non-hydrogen) atoms. The van der Waals surface area contributed by atoms with Gasteiger partial charge in [-0.05, 0) is 36.5 Å². The molecule has 0 aliphatic heterocycles. The molecule has 7 nitrogen and oxygen atoms in total. The minimum atomic E-state index is -0.544. The first-order valence-corrected chi connectivity index (χ1v) is 8.45.